The second-order valence-corrected chi connectivity index (χ2v) is 5.20. The molecule has 108 valence electrons. The SMILES string of the molecule is CC(C)C(CO)(CO)Cc1ccc(C(F)(F)F)cc1. The van der Waals surface area contributed by atoms with Gasteiger partial charge in [-0.2, -0.15) is 13.2 Å². The number of hydrogen-bond donors (Lipinski definition) is 2. The summed E-state index contributed by atoms with van der Waals surface area (Å²) in [5, 5.41) is 18.9. The lowest BCUT2D eigenvalue weighted by molar-refractivity contribution is -0.137. The van der Waals surface area contributed by atoms with Gasteiger partial charge in [0, 0.05) is 5.41 Å². The Kier molecular flexibility index (Phi) is 4.98. The maximum atomic E-state index is 12.4. The van der Waals surface area contributed by atoms with E-state index in [0.29, 0.717) is 12.0 Å². The molecule has 0 fully saturated rings. The molecule has 1 rings (SSSR count). The quantitative estimate of drug-likeness (QED) is 0.868. The predicted octanol–water partition coefficient (Wildman–Crippen LogP) is 2.87. The maximum absolute atomic E-state index is 12.4. The normalized spacial score (nSPS) is 13.1. The average molecular weight is 276 g/mol. The highest BCUT2D eigenvalue weighted by Crippen LogP contribution is 2.33. The second kappa shape index (κ2) is 5.92. The fraction of sp³-hybridized carbons (Fsp3) is 0.571. The molecule has 0 heterocycles. The molecule has 0 radical (unpaired) electrons. The Balaban J connectivity index is 2.93. The van der Waals surface area contributed by atoms with Crippen molar-refractivity contribution in [1.29, 1.82) is 0 Å². The van der Waals surface area contributed by atoms with E-state index < -0.39 is 17.2 Å². The van der Waals surface area contributed by atoms with Gasteiger partial charge in [0.05, 0.1) is 18.8 Å². The van der Waals surface area contributed by atoms with Crippen LogP contribution >= 0.6 is 0 Å². The number of hydrogen-bond acceptors (Lipinski definition) is 2. The highest BCUT2D eigenvalue weighted by Gasteiger charge is 2.34. The summed E-state index contributed by atoms with van der Waals surface area (Å²) in [5.74, 6) is 0.0183. The molecule has 0 amide bonds. The Labute approximate surface area is 110 Å². The van der Waals surface area contributed by atoms with Crippen LogP contribution in [0, 0.1) is 11.3 Å². The molecule has 0 spiro atoms. The number of halogens is 3. The van der Waals surface area contributed by atoms with E-state index in [2.05, 4.69) is 0 Å². The zero-order valence-corrected chi connectivity index (χ0v) is 11.0. The van der Waals surface area contributed by atoms with E-state index in [1.165, 1.54) is 12.1 Å². The minimum atomic E-state index is -4.35. The van der Waals surface area contributed by atoms with Gasteiger partial charge in [-0.1, -0.05) is 26.0 Å². The third-order valence-electron chi connectivity index (χ3n) is 3.69. The first-order valence-electron chi connectivity index (χ1n) is 6.13. The highest BCUT2D eigenvalue weighted by atomic mass is 19.4. The fourth-order valence-corrected chi connectivity index (χ4v) is 1.95. The molecule has 0 aromatic heterocycles. The summed E-state index contributed by atoms with van der Waals surface area (Å²) in [4.78, 5) is 0. The molecule has 0 bridgehead atoms. The van der Waals surface area contributed by atoms with Gasteiger partial charge in [0.25, 0.3) is 0 Å². The van der Waals surface area contributed by atoms with Crippen molar-refractivity contribution in [3.05, 3.63) is 35.4 Å². The van der Waals surface area contributed by atoms with E-state index in [1.807, 2.05) is 13.8 Å². The summed E-state index contributed by atoms with van der Waals surface area (Å²) < 4.78 is 37.3. The molecule has 1 aromatic rings. The lowest BCUT2D eigenvalue weighted by atomic mass is 9.74. The standard InChI is InChI=1S/C14H19F3O2/c1-10(2)13(8-18,9-19)7-11-3-5-12(6-4-11)14(15,16)17/h3-6,10,18-19H,7-9H2,1-2H3. The Morgan fingerprint density at radius 1 is 1.00 bits per heavy atom. The minimum Gasteiger partial charge on any atom is -0.396 e. The molecule has 0 aliphatic rings. The van der Waals surface area contributed by atoms with Crippen molar-refractivity contribution in [3.8, 4) is 0 Å². The van der Waals surface area contributed by atoms with Crippen molar-refractivity contribution in [1.82, 2.24) is 0 Å². The van der Waals surface area contributed by atoms with Gasteiger partial charge in [-0.25, -0.2) is 0 Å². The smallest absolute Gasteiger partial charge is 0.396 e. The van der Waals surface area contributed by atoms with E-state index in [9.17, 15) is 23.4 Å². The molecule has 0 unspecified atom stereocenters. The van der Waals surface area contributed by atoms with E-state index in [-0.39, 0.29) is 19.1 Å². The van der Waals surface area contributed by atoms with Crippen LogP contribution in [0.1, 0.15) is 25.0 Å². The molecule has 0 saturated carbocycles. The van der Waals surface area contributed by atoms with E-state index in [1.54, 1.807) is 0 Å². The van der Waals surface area contributed by atoms with Crippen molar-refractivity contribution in [2.24, 2.45) is 11.3 Å². The monoisotopic (exact) mass is 276 g/mol. The van der Waals surface area contributed by atoms with Gasteiger partial charge in [-0.05, 0) is 30.0 Å². The van der Waals surface area contributed by atoms with Crippen LogP contribution in [0.15, 0.2) is 24.3 Å². The molecule has 0 saturated heterocycles. The summed E-state index contributed by atoms with van der Waals surface area (Å²) in [6.07, 6.45) is -4.00. The van der Waals surface area contributed by atoms with Crippen LogP contribution in [-0.4, -0.2) is 23.4 Å². The fourth-order valence-electron chi connectivity index (χ4n) is 1.95. The molecule has 2 N–H and O–H groups in total. The predicted molar refractivity (Wildman–Crippen MR) is 66.6 cm³/mol. The van der Waals surface area contributed by atoms with Gasteiger partial charge in [0.1, 0.15) is 0 Å². The largest absolute Gasteiger partial charge is 0.416 e. The summed E-state index contributed by atoms with van der Waals surface area (Å²) in [6, 6.07) is 4.83. The first kappa shape index (κ1) is 16.0. The first-order chi connectivity index (χ1) is 8.75. The Morgan fingerprint density at radius 2 is 1.47 bits per heavy atom. The van der Waals surface area contributed by atoms with E-state index >= 15 is 0 Å². The molecular formula is C14H19F3O2. The van der Waals surface area contributed by atoms with Crippen molar-refractivity contribution in [2.45, 2.75) is 26.4 Å². The number of aliphatic hydroxyl groups excluding tert-OH is 2. The molecular weight excluding hydrogens is 257 g/mol. The first-order valence-corrected chi connectivity index (χ1v) is 6.13. The van der Waals surface area contributed by atoms with Crippen LogP contribution in [0.25, 0.3) is 0 Å². The highest BCUT2D eigenvalue weighted by molar-refractivity contribution is 5.25. The number of benzene rings is 1. The molecule has 19 heavy (non-hydrogen) atoms. The molecule has 0 aliphatic carbocycles. The van der Waals surface area contributed by atoms with E-state index in [0.717, 1.165) is 12.1 Å². The summed E-state index contributed by atoms with van der Waals surface area (Å²) in [5.41, 5.74) is -0.732. The number of aliphatic hydroxyl groups is 2. The maximum Gasteiger partial charge on any atom is 0.416 e. The molecule has 2 nitrogen and oxygen atoms in total. The molecule has 0 atom stereocenters. The zero-order valence-electron chi connectivity index (χ0n) is 11.0. The summed E-state index contributed by atoms with van der Waals surface area (Å²) in [7, 11) is 0. The average Bonchev–Trinajstić information content (AvgIpc) is 2.35. The topological polar surface area (TPSA) is 40.5 Å². The number of alkyl halides is 3. The Bertz CT molecular complexity index is 392. The van der Waals surface area contributed by atoms with Gasteiger partial charge < -0.3 is 10.2 Å². The lowest BCUT2D eigenvalue weighted by Crippen LogP contribution is -2.37. The number of rotatable bonds is 5. The third kappa shape index (κ3) is 3.70. The minimum absolute atomic E-state index is 0.0183. The van der Waals surface area contributed by atoms with Gasteiger partial charge in [0.2, 0.25) is 0 Å². The summed E-state index contributed by atoms with van der Waals surface area (Å²) in [6.45, 7) is 3.33. The van der Waals surface area contributed by atoms with Crippen molar-refractivity contribution >= 4 is 0 Å². The van der Waals surface area contributed by atoms with Gasteiger partial charge in [-0.15, -0.1) is 0 Å². The van der Waals surface area contributed by atoms with E-state index in [4.69, 9.17) is 0 Å². The Morgan fingerprint density at radius 3 is 1.79 bits per heavy atom. The lowest BCUT2D eigenvalue weighted by Gasteiger charge is -2.34. The molecule has 0 aliphatic heterocycles. The van der Waals surface area contributed by atoms with Crippen LogP contribution < -0.4 is 0 Å². The van der Waals surface area contributed by atoms with Crippen LogP contribution in [0.2, 0.25) is 0 Å². The van der Waals surface area contributed by atoms with Crippen LogP contribution in [0.4, 0.5) is 13.2 Å². The van der Waals surface area contributed by atoms with Crippen LogP contribution in [-0.2, 0) is 12.6 Å². The summed E-state index contributed by atoms with van der Waals surface area (Å²) >= 11 is 0. The van der Waals surface area contributed by atoms with Gasteiger partial charge in [0.15, 0.2) is 0 Å². The van der Waals surface area contributed by atoms with Gasteiger partial charge >= 0.3 is 6.18 Å². The van der Waals surface area contributed by atoms with Crippen LogP contribution in [0.5, 0.6) is 0 Å². The molecule has 5 heteroatoms. The van der Waals surface area contributed by atoms with Gasteiger partial charge in [-0.3, -0.25) is 0 Å². The zero-order chi connectivity index (χ0) is 14.7. The van der Waals surface area contributed by atoms with Crippen molar-refractivity contribution in [2.75, 3.05) is 13.2 Å². The third-order valence-corrected chi connectivity index (χ3v) is 3.69. The Hall–Kier alpha value is -1.07. The second-order valence-electron chi connectivity index (χ2n) is 5.20. The van der Waals surface area contributed by atoms with Crippen molar-refractivity contribution in [3.63, 3.8) is 0 Å². The van der Waals surface area contributed by atoms with Crippen LogP contribution in [0.3, 0.4) is 0 Å². The molecule has 1 aromatic carbocycles. The van der Waals surface area contributed by atoms with Crippen molar-refractivity contribution < 1.29 is 23.4 Å².